The molecule has 142 valence electrons. The lowest BCUT2D eigenvalue weighted by Crippen LogP contribution is -2.39. The van der Waals surface area contributed by atoms with Crippen molar-refractivity contribution in [3.63, 3.8) is 0 Å². The standard InChI is InChI=1S/C18H19BrFN5O2/c1-11(2)25-16(26)8-7-15(22-25)18(27)21-17-13(19)10-24(23-17)9-12-5-3-4-6-14(12)20/h3-6,10-11H,7-9H2,1-2H3,(H,21,23,27). The van der Waals surface area contributed by atoms with Crippen molar-refractivity contribution in [3.8, 4) is 0 Å². The molecule has 0 unspecified atom stereocenters. The lowest BCUT2D eigenvalue weighted by Gasteiger charge is -2.26. The monoisotopic (exact) mass is 435 g/mol. The zero-order valence-corrected chi connectivity index (χ0v) is 16.5. The Labute approximate surface area is 164 Å². The van der Waals surface area contributed by atoms with Crippen LogP contribution in [0.1, 0.15) is 32.3 Å². The van der Waals surface area contributed by atoms with Gasteiger partial charge >= 0.3 is 0 Å². The third-order valence-electron chi connectivity index (χ3n) is 4.05. The van der Waals surface area contributed by atoms with Gasteiger partial charge in [-0.05, 0) is 35.8 Å². The van der Waals surface area contributed by atoms with E-state index in [1.165, 1.54) is 15.8 Å². The maximum absolute atomic E-state index is 13.8. The molecule has 1 aliphatic heterocycles. The molecule has 0 saturated heterocycles. The molecule has 1 aliphatic rings. The quantitative estimate of drug-likeness (QED) is 0.782. The van der Waals surface area contributed by atoms with Gasteiger partial charge in [-0.1, -0.05) is 18.2 Å². The van der Waals surface area contributed by atoms with Crippen molar-refractivity contribution in [2.75, 3.05) is 5.32 Å². The number of nitrogens with one attached hydrogen (secondary N) is 1. The molecule has 2 aromatic rings. The Morgan fingerprint density at radius 3 is 2.78 bits per heavy atom. The molecule has 1 aromatic heterocycles. The highest BCUT2D eigenvalue weighted by atomic mass is 79.9. The van der Waals surface area contributed by atoms with Crippen molar-refractivity contribution in [3.05, 3.63) is 46.3 Å². The van der Waals surface area contributed by atoms with Crippen LogP contribution in [0.15, 0.2) is 40.0 Å². The predicted molar refractivity (Wildman–Crippen MR) is 103 cm³/mol. The predicted octanol–water partition coefficient (Wildman–Crippen LogP) is 3.16. The summed E-state index contributed by atoms with van der Waals surface area (Å²) in [5.41, 5.74) is 0.770. The van der Waals surface area contributed by atoms with Crippen LogP contribution < -0.4 is 5.32 Å². The molecule has 3 rings (SSSR count). The molecule has 1 N–H and O–H groups in total. The highest BCUT2D eigenvalue weighted by Gasteiger charge is 2.26. The molecule has 2 heterocycles. The van der Waals surface area contributed by atoms with E-state index in [0.29, 0.717) is 15.9 Å². The van der Waals surface area contributed by atoms with Crippen LogP contribution in [0, 0.1) is 5.82 Å². The van der Waals surface area contributed by atoms with E-state index in [1.807, 2.05) is 13.8 Å². The average molecular weight is 436 g/mol. The summed E-state index contributed by atoms with van der Waals surface area (Å²) in [6.07, 6.45) is 2.18. The topological polar surface area (TPSA) is 79.6 Å². The van der Waals surface area contributed by atoms with Crippen molar-refractivity contribution >= 4 is 39.3 Å². The van der Waals surface area contributed by atoms with Crippen molar-refractivity contribution < 1.29 is 14.0 Å². The Hall–Kier alpha value is -2.55. The Morgan fingerprint density at radius 1 is 1.33 bits per heavy atom. The number of benzene rings is 1. The Morgan fingerprint density at radius 2 is 2.07 bits per heavy atom. The number of hydrazone groups is 1. The zero-order valence-electron chi connectivity index (χ0n) is 14.9. The lowest BCUT2D eigenvalue weighted by molar-refractivity contribution is -0.133. The maximum Gasteiger partial charge on any atom is 0.273 e. The van der Waals surface area contributed by atoms with Gasteiger partial charge in [0.25, 0.3) is 5.91 Å². The summed E-state index contributed by atoms with van der Waals surface area (Å²) in [5.74, 6) is -0.515. The van der Waals surface area contributed by atoms with Gasteiger partial charge in [-0.3, -0.25) is 14.3 Å². The van der Waals surface area contributed by atoms with Crippen LogP contribution in [0.4, 0.5) is 10.2 Å². The number of nitrogens with zero attached hydrogens (tertiary/aromatic N) is 4. The number of hydrogen-bond acceptors (Lipinski definition) is 4. The summed E-state index contributed by atoms with van der Waals surface area (Å²) in [5, 5.41) is 12.5. The van der Waals surface area contributed by atoms with E-state index in [9.17, 15) is 14.0 Å². The first kappa shape index (κ1) is 19.2. The molecule has 0 fully saturated rings. The fraction of sp³-hybridized carbons (Fsp3) is 0.333. The van der Waals surface area contributed by atoms with E-state index in [2.05, 4.69) is 31.4 Å². The molecule has 0 bridgehead atoms. The Kier molecular flexibility index (Phi) is 5.69. The first-order valence-corrected chi connectivity index (χ1v) is 9.31. The number of carbonyl (C=O) groups is 2. The van der Waals surface area contributed by atoms with E-state index >= 15 is 0 Å². The second-order valence-electron chi connectivity index (χ2n) is 6.45. The Bertz CT molecular complexity index is 909. The van der Waals surface area contributed by atoms with E-state index in [4.69, 9.17) is 0 Å². The van der Waals surface area contributed by atoms with Gasteiger partial charge in [-0.25, -0.2) is 9.40 Å². The number of halogens is 2. The minimum absolute atomic E-state index is 0.100. The molecule has 0 radical (unpaired) electrons. The van der Waals surface area contributed by atoms with Crippen LogP contribution in [-0.4, -0.2) is 38.4 Å². The van der Waals surface area contributed by atoms with Crippen LogP contribution in [0.2, 0.25) is 0 Å². The molecule has 7 nitrogen and oxygen atoms in total. The first-order chi connectivity index (χ1) is 12.8. The fourth-order valence-corrected chi connectivity index (χ4v) is 3.10. The van der Waals surface area contributed by atoms with Crippen LogP contribution in [0.3, 0.4) is 0 Å². The van der Waals surface area contributed by atoms with Crippen LogP contribution in [-0.2, 0) is 16.1 Å². The van der Waals surface area contributed by atoms with Gasteiger partial charge in [0.2, 0.25) is 5.91 Å². The number of aromatic nitrogens is 2. The first-order valence-electron chi connectivity index (χ1n) is 8.52. The van der Waals surface area contributed by atoms with E-state index < -0.39 is 5.91 Å². The summed E-state index contributed by atoms with van der Waals surface area (Å²) >= 11 is 3.35. The molecule has 0 aliphatic carbocycles. The number of hydrogen-bond donors (Lipinski definition) is 1. The summed E-state index contributed by atoms with van der Waals surface area (Å²) in [7, 11) is 0. The largest absolute Gasteiger partial charge is 0.303 e. The van der Waals surface area contributed by atoms with E-state index in [1.54, 1.807) is 24.4 Å². The molecule has 0 spiro atoms. The summed E-state index contributed by atoms with van der Waals surface area (Å²) in [6.45, 7) is 3.91. The second kappa shape index (κ2) is 7.99. The normalized spacial score (nSPS) is 14.5. The molecular formula is C18H19BrFN5O2. The molecule has 0 saturated carbocycles. The minimum atomic E-state index is -0.412. The van der Waals surface area contributed by atoms with Crippen LogP contribution >= 0.6 is 15.9 Å². The van der Waals surface area contributed by atoms with Gasteiger partial charge in [0, 0.05) is 30.6 Å². The van der Waals surface area contributed by atoms with Gasteiger partial charge in [0.1, 0.15) is 11.5 Å². The minimum Gasteiger partial charge on any atom is -0.303 e. The molecule has 0 atom stereocenters. The number of carbonyl (C=O) groups excluding carboxylic acids is 2. The van der Waals surface area contributed by atoms with Crippen LogP contribution in [0.25, 0.3) is 0 Å². The highest BCUT2D eigenvalue weighted by molar-refractivity contribution is 9.10. The smallest absolute Gasteiger partial charge is 0.273 e. The lowest BCUT2D eigenvalue weighted by atomic mass is 10.1. The molecule has 9 heteroatoms. The summed E-state index contributed by atoms with van der Waals surface area (Å²) < 4.78 is 15.9. The van der Waals surface area contributed by atoms with E-state index in [0.717, 1.165) is 0 Å². The van der Waals surface area contributed by atoms with E-state index in [-0.39, 0.29) is 42.9 Å². The van der Waals surface area contributed by atoms with Crippen molar-refractivity contribution in [2.45, 2.75) is 39.3 Å². The third-order valence-corrected chi connectivity index (χ3v) is 4.63. The maximum atomic E-state index is 13.8. The highest BCUT2D eigenvalue weighted by Crippen LogP contribution is 2.22. The summed E-state index contributed by atoms with van der Waals surface area (Å²) in [6, 6.07) is 6.33. The number of anilines is 1. The Balaban J connectivity index is 1.73. The second-order valence-corrected chi connectivity index (χ2v) is 7.30. The SMILES string of the molecule is CC(C)N1N=C(C(=O)Nc2nn(Cc3ccccc3F)cc2Br)CCC1=O. The number of amides is 2. The average Bonchev–Trinajstić information content (AvgIpc) is 2.96. The van der Waals surface area contributed by atoms with Gasteiger partial charge < -0.3 is 5.32 Å². The molecule has 1 aromatic carbocycles. The van der Waals surface area contributed by atoms with Crippen molar-refractivity contribution in [1.82, 2.24) is 14.8 Å². The third kappa shape index (κ3) is 4.41. The molecular weight excluding hydrogens is 417 g/mol. The van der Waals surface area contributed by atoms with Gasteiger partial charge in [0.05, 0.1) is 11.0 Å². The number of rotatable bonds is 5. The van der Waals surface area contributed by atoms with Crippen LogP contribution in [0.5, 0.6) is 0 Å². The van der Waals surface area contributed by atoms with Crippen molar-refractivity contribution in [2.24, 2.45) is 5.10 Å². The molecule has 27 heavy (non-hydrogen) atoms. The van der Waals surface area contributed by atoms with Gasteiger partial charge in [-0.2, -0.15) is 10.2 Å². The zero-order chi connectivity index (χ0) is 19.6. The van der Waals surface area contributed by atoms with Gasteiger partial charge in [0.15, 0.2) is 5.82 Å². The summed E-state index contributed by atoms with van der Waals surface area (Å²) in [4.78, 5) is 24.4. The van der Waals surface area contributed by atoms with Gasteiger partial charge in [-0.15, -0.1) is 0 Å². The molecule has 2 amide bonds. The van der Waals surface area contributed by atoms with Crippen molar-refractivity contribution in [1.29, 1.82) is 0 Å². The fourth-order valence-electron chi connectivity index (χ4n) is 2.68.